The number of ether oxygens (including phenoxy) is 1. The molecule has 0 saturated heterocycles. The molecule has 100 valence electrons. The van der Waals surface area contributed by atoms with Gasteiger partial charge in [0.1, 0.15) is 5.75 Å². The van der Waals surface area contributed by atoms with E-state index in [-0.39, 0.29) is 0 Å². The van der Waals surface area contributed by atoms with Gasteiger partial charge in [0.15, 0.2) is 0 Å². The molecule has 2 nitrogen and oxygen atoms in total. The number of benzene rings is 2. The maximum atomic E-state index is 5.87. The van der Waals surface area contributed by atoms with Crippen molar-refractivity contribution >= 4 is 17.4 Å². The van der Waals surface area contributed by atoms with E-state index in [1.165, 1.54) is 21.6 Å². The van der Waals surface area contributed by atoms with E-state index < -0.39 is 0 Å². The van der Waals surface area contributed by atoms with Gasteiger partial charge in [-0.05, 0) is 43.2 Å². The van der Waals surface area contributed by atoms with E-state index in [9.17, 15) is 0 Å². The lowest BCUT2D eigenvalue weighted by molar-refractivity contribution is 0.414. The maximum absolute atomic E-state index is 5.87. The summed E-state index contributed by atoms with van der Waals surface area (Å²) in [5.74, 6) is 1.71. The van der Waals surface area contributed by atoms with Crippen molar-refractivity contribution < 1.29 is 4.74 Å². The smallest absolute Gasteiger partial charge is 0.121 e. The minimum absolute atomic E-state index is 0.746. The molecule has 0 spiro atoms. The van der Waals surface area contributed by atoms with Gasteiger partial charge in [-0.25, -0.2) is 0 Å². The van der Waals surface area contributed by atoms with E-state index in [0.717, 1.165) is 17.2 Å². The van der Waals surface area contributed by atoms with Crippen molar-refractivity contribution in [3.05, 3.63) is 53.1 Å². The van der Waals surface area contributed by atoms with Gasteiger partial charge in [0.25, 0.3) is 0 Å². The molecule has 0 aliphatic heterocycles. The van der Waals surface area contributed by atoms with Gasteiger partial charge in [0.05, 0.1) is 7.11 Å². The Bertz CT molecular complexity index is 581. The molecule has 0 atom stereocenters. The summed E-state index contributed by atoms with van der Waals surface area (Å²) in [6, 6.07) is 12.4. The Hall–Kier alpha value is -1.61. The van der Waals surface area contributed by atoms with Crippen molar-refractivity contribution in [3.63, 3.8) is 0 Å². The number of hydrogen-bond donors (Lipinski definition) is 1. The van der Waals surface area contributed by atoms with E-state index in [1.807, 2.05) is 30.0 Å². The molecule has 2 N–H and O–H groups in total. The van der Waals surface area contributed by atoms with Gasteiger partial charge in [-0.2, -0.15) is 0 Å². The van der Waals surface area contributed by atoms with Crippen molar-refractivity contribution in [1.29, 1.82) is 0 Å². The molecule has 0 radical (unpaired) electrons. The number of nitrogens with two attached hydrogens (primary N) is 1. The fraction of sp³-hybridized carbons (Fsp3) is 0.250. The van der Waals surface area contributed by atoms with Gasteiger partial charge in [-0.3, -0.25) is 0 Å². The van der Waals surface area contributed by atoms with Gasteiger partial charge in [0.2, 0.25) is 0 Å². The molecule has 3 heteroatoms. The van der Waals surface area contributed by atoms with Crippen LogP contribution in [-0.2, 0) is 5.75 Å². The highest BCUT2D eigenvalue weighted by atomic mass is 32.2. The molecule has 0 heterocycles. The lowest BCUT2D eigenvalue weighted by atomic mass is 10.2. The Labute approximate surface area is 119 Å². The molecule has 0 bridgehead atoms. The summed E-state index contributed by atoms with van der Waals surface area (Å²) in [5, 5.41) is 0. The van der Waals surface area contributed by atoms with Crippen LogP contribution in [0.2, 0.25) is 0 Å². The zero-order valence-corrected chi connectivity index (χ0v) is 12.4. The number of hydrogen-bond acceptors (Lipinski definition) is 3. The highest BCUT2D eigenvalue weighted by Crippen LogP contribution is 2.29. The van der Waals surface area contributed by atoms with Crippen LogP contribution in [0.1, 0.15) is 16.7 Å². The lowest BCUT2D eigenvalue weighted by Crippen LogP contribution is -1.92. The molecule has 2 aromatic carbocycles. The molecule has 0 aliphatic carbocycles. The first-order chi connectivity index (χ1) is 9.08. The Morgan fingerprint density at radius 2 is 1.89 bits per heavy atom. The second-order valence-corrected chi connectivity index (χ2v) is 5.69. The largest absolute Gasteiger partial charge is 0.497 e. The van der Waals surface area contributed by atoms with Crippen LogP contribution in [0.25, 0.3) is 0 Å². The highest BCUT2D eigenvalue weighted by molar-refractivity contribution is 7.98. The van der Waals surface area contributed by atoms with Gasteiger partial charge in [-0.1, -0.05) is 17.7 Å². The quantitative estimate of drug-likeness (QED) is 0.670. The average molecular weight is 273 g/mol. The maximum Gasteiger partial charge on any atom is 0.121 e. The summed E-state index contributed by atoms with van der Waals surface area (Å²) in [5.41, 5.74) is 10.4. The predicted molar refractivity (Wildman–Crippen MR) is 82.9 cm³/mol. The molecule has 0 fully saturated rings. The zero-order chi connectivity index (χ0) is 13.8. The van der Waals surface area contributed by atoms with Crippen LogP contribution in [0.5, 0.6) is 5.75 Å². The van der Waals surface area contributed by atoms with Crippen LogP contribution < -0.4 is 10.5 Å². The van der Waals surface area contributed by atoms with Gasteiger partial charge >= 0.3 is 0 Å². The van der Waals surface area contributed by atoms with E-state index >= 15 is 0 Å². The molecule has 0 aromatic heterocycles. The normalized spacial score (nSPS) is 10.5. The third kappa shape index (κ3) is 3.67. The fourth-order valence-corrected chi connectivity index (χ4v) is 2.96. The second-order valence-electron chi connectivity index (χ2n) is 4.67. The average Bonchev–Trinajstić information content (AvgIpc) is 2.39. The van der Waals surface area contributed by atoms with Crippen LogP contribution in [-0.4, -0.2) is 7.11 Å². The number of rotatable bonds is 4. The Morgan fingerprint density at radius 1 is 1.11 bits per heavy atom. The third-order valence-corrected chi connectivity index (χ3v) is 4.19. The number of thioether (sulfide) groups is 1. The van der Waals surface area contributed by atoms with Crippen molar-refractivity contribution in [2.24, 2.45) is 0 Å². The number of methoxy groups -OCH3 is 1. The van der Waals surface area contributed by atoms with Crippen molar-refractivity contribution in [2.75, 3.05) is 12.8 Å². The van der Waals surface area contributed by atoms with E-state index in [2.05, 4.69) is 32.0 Å². The first kappa shape index (κ1) is 13.8. The number of anilines is 1. The number of nitrogen functional groups attached to an aromatic ring is 1. The molecule has 0 unspecified atom stereocenters. The first-order valence-electron chi connectivity index (χ1n) is 6.22. The molecule has 19 heavy (non-hydrogen) atoms. The zero-order valence-electron chi connectivity index (χ0n) is 11.6. The van der Waals surface area contributed by atoms with E-state index in [0.29, 0.717) is 0 Å². The summed E-state index contributed by atoms with van der Waals surface area (Å²) in [4.78, 5) is 1.32. The molecule has 0 amide bonds. The van der Waals surface area contributed by atoms with Crippen LogP contribution in [0.3, 0.4) is 0 Å². The molecular weight excluding hydrogens is 254 g/mol. The van der Waals surface area contributed by atoms with Crippen LogP contribution >= 0.6 is 11.8 Å². The second kappa shape index (κ2) is 6.02. The molecule has 0 aliphatic rings. The Balaban J connectivity index is 2.14. The summed E-state index contributed by atoms with van der Waals surface area (Å²) in [6.45, 7) is 4.26. The summed E-state index contributed by atoms with van der Waals surface area (Å²) < 4.78 is 5.24. The topological polar surface area (TPSA) is 35.2 Å². The van der Waals surface area contributed by atoms with E-state index in [1.54, 1.807) is 7.11 Å². The van der Waals surface area contributed by atoms with Crippen molar-refractivity contribution in [2.45, 2.75) is 24.5 Å². The monoisotopic (exact) mass is 273 g/mol. The standard InChI is InChI=1S/C16H19NOS/c1-11-4-5-12(2)16(6-11)19-10-13-7-14(17)9-15(8-13)18-3/h4-9H,10,17H2,1-3H3. The first-order valence-corrected chi connectivity index (χ1v) is 7.20. The SMILES string of the molecule is COc1cc(N)cc(CSc2cc(C)ccc2C)c1. The third-order valence-electron chi connectivity index (χ3n) is 2.96. The van der Waals surface area contributed by atoms with Crippen LogP contribution in [0, 0.1) is 13.8 Å². The highest BCUT2D eigenvalue weighted by Gasteiger charge is 2.03. The van der Waals surface area contributed by atoms with Crippen molar-refractivity contribution in [3.8, 4) is 5.75 Å². The summed E-state index contributed by atoms with van der Waals surface area (Å²) in [6.07, 6.45) is 0. The Morgan fingerprint density at radius 3 is 2.63 bits per heavy atom. The molecule has 0 saturated carbocycles. The fourth-order valence-electron chi connectivity index (χ4n) is 1.91. The van der Waals surface area contributed by atoms with Gasteiger partial charge < -0.3 is 10.5 Å². The lowest BCUT2D eigenvalue weighted by Gasteiger charge is -2.09. The minimum atomic E-state index is 0.746. The summed E-state index contributed by atoms with van der Waals surface area (Å²) in [7, 11) is 1.66. The van der Waals surface area contributed by atoms with Crippen LogP contribution in [0.15, 0.2) is 41.3 Å². The van der Waals surface area contributed by atoms with E-state index in [4.69, 9.17) is 10.5 Å². The molecule has 2 aromatic rings. The molecular formula is C16H19NOS. The number of aryl methyl sites for hydroxylation is 2. The van der Waals surface area contributed by atoms with Crippen molar-refractivity contribution in [1.82, 2.24) is 0 Å². The minimum Gasteiger partial charge on any atom is -0.497 e. The van der Waals surface area contributed by atoms with Gasteiger partial charge in [0, 0.05) is 22.4 Å². The van der Waals surface area contributed by atoms with Gasteiger partial charge in [-0.15, -0.1) is 11.8 Å². The summed E-state index contributed by atoms with van der Waals surface area (Å²) >= 11 is 1.83. The Kier molecular flexibility index (Phi) is 4.38. The van der Waals surface area contributed by atoms with Crippen LogP contribution in [0.4, 0.5) is 5.69 Å². The predicted octanol–water partition coefficient (Wildman–Crippen LogP) is 4.19. The molecule has 2 rings (SSSR count).